The summed E-state index contributed by atoms with van der Waals surface area (Å²) in [7, 11) is 5.15. The first-order valence-electron chi connectivity index (χ1n) is 21.5. The third-order valence-corrected chi connectivity index (χ3v) is 14.9. The summed E-state index contributed by atoms with van der Waals surface area (Å²) < 4.78 is 39.3. The number of carbonyl (C=O) groups excluding carboxylic acids is 2. The van der Waals surface area contributed by atoms with Crippen molar-refractivity contribution < 1.29 is 47.9 Å². The van der Waals surface area contributed by atoms with Crippen LogP contribution in [0.3, 0.4) is 0 Å². The van der Waals surface area contributed by atoms with Gasteiger partial charge >= 0.3 is 12.1 Å². The van der Waals surface area contributed by atoms with Crippen LogP contribution in [0, 0.1) is 25.2 Å². The maximum absolute atomic E-state index is 14.6. The van der Waals surface area contributed by atoms with Crippen molar-refractivity contribution >= 4 is 58.6 Å². The number of nitrogens with zero attached hydrogens (tertiary/aromatic N) is 3. The molecule has 0 aromatic heterocycles. The summed E-state index contributed by atoms with van der Waals surface area (Å²) in [5, 5.41) is 25.8. The number of aryl methyl sites for hydroxylation is 1. The Labute approximate surface area is 402 Å². The number of phenols is 1. The zero-order chi connectivity index (χ0) is 46.6. The van der Waals surface area contributed by atoms with Crippen molar-refractivity contribution in [3.05, 3.63) is 99.1 Å². The number of amides is 1. The first-order chi connectivity index (χ1) is 31.8. The van der Waals surface area contributed by atoms with Crippen molar-refractivity contribution in [3.63, 3.8) is 0 Å². The van der Waals surface area contributed by atoms with Gasteiger partial charge < -0.3 is 43.6 Å². The molecule has 5 aliphatic rings. The third-order valence-electron chi connectivity index (χ3n) is 13.5. The lowest BCUT2D eigenvalue weighted by molar-refractivity contribution is -0.150. The van der Waals surface area contributed by atoms with Crippen molar-refractivity contribution in [3.8, 4) is 45.9 Å². The van der Waals surface area contributed by atoms with Crippen LogP contribution in [0.5, 0.6) is 28.7 Å². The van der Waals surface area contributed by atoms with Gasteiger partial charge in [-0.15, -0.1) is 0 Å². The molecule has 9 rings (SSSR count). The minimum absolute atomic E-state index is 0.0274. The molecule has 2 bridgehead atoms. The molecule has 4 aromatic carbocycles. The number of piperazine rings is 1. The Balaban J connectivity index is 1.06. The smallest absolute Gasteiger partial charge is 0.408 e. The number of rotatable bonds is 13. The van der Waals surface area contributed by atoms with E-state index in [0.717, 1.165) is 27.8 Å². The van der Waals surface area contributed by atoms with E-state index < -0.39 is 46.6 Å². The highest BCUT2D eigenvalue weighted by Crippen LogP contribution is 2.58. The molecule has 1 fully saturated rings. The predicted molar refractivity (Wildman–Crippen MR) is 249 cm³/mol. The summed E-state index contributed by atoms with van der Waals surface area (Å²) in [5.74, 6) is 1.93. The van der Waals surface area contributed by atoms with Gasteiger partial charge in [-0.25, -0.2) is 9.59 Å². The van der Waals surface area contributed by atoms with Gasteiger partial charge in [0.2, 0.25) is 10.6 Å². The van der Waals surface area contributed by atoms with E-state index in [9.17, 15) is 20.0 Å². The van der Waals surface area contributed by atoms with Crippen molar-refractivity contribution in [1.29, 1.82) is 5.26 Å². The number of halogens is 3. The molecule has 66 heavy (non-hydrogen) atoms. The summed E-state index contributed by atoms with van der Waals surface area (Å²) in [5.41, 5.74) is 9.14. The van der Waals surface area contributed by atoms with Gasteiger partial charge in [-0.3, -0.25) is 9.80 Å². The molecule has 4 aromatic rings. The lowest BCUT2D eigenvalue weighted by atomic mass is 9.71. The topological polar surface area (TPSA) is 161 Å². The Bertz CT molecular complexity index is 2560. The van der Waals surface area contributed by atoms with Crippen LogP contribution < -0.4 is 24.3 Å². The normalized spacial score (nSPS) is 21.9. The van der Waals surface area contributed by atoms with Gasteiger partial charge in [0.05, 0.1) is 25.3 Å². The number of carbonyl (C=O) groups is 2. The van der Waals surface area contributed by atoms with Crippen LogP contribution in [-0.4, -0.2) is 115 Å². The Hall–Kier alpha value is -4.79. The molecular formula is C48H49Cl3N4O10S. The zero-order valence-corrected chi connectivity index (χ0v) is 40.0. The summed E-state index contributed by atoms with van der Waals surface area (Å²) in [6.45, 7) is 2.77. The van der Waals surface area contributed by atoms with E-state index in [0.29, 0.717) is 58.3 Å². The predicted octanol–water partition coefficient (Wildman–Crippen LogP) is 8.05. The largest absolute Gasteiger partial charge is 0.507 e. The second kappa shape index (κ2) is 18.7. The molecule has 1 unspecified atom stereocenters. The van der Waals surface area contributed by atoms with E-state index in [4.69, 9.17) is 68.0 Å². The van der Waals surface area contributed by atoms with Crippen LogP contribution in [0.4, 0.5) is 4.79 Å². The number of fused-ring (bicyclic) bond motifs is 12. The lowest BCUT2D eigenvalue weighted by Crippen LogP contribution is -2.68. The molecule has 1 aliphatic carbocycles. The first kappa shape index (κ1) is 46.3. The summed E-state index contributed by atoms with van der Waals surface area (Å²) in [6.07, 6.45) is -0.172. The first-order valence-corrected chi connectivity index (χ1v) is 23.8. The molecule has 0 radical (unpaired) electrons. The highest BCUT2D eigenvalue weighted by Gasteiger charge is 2.57. The second-order valence-electron chi connectivity index (χ2n) is 17.1. The van der Waals surface area contributed by atoms with Gasteiger partial charge in [0.1, 0.15) is 31.0 Å². The molecule has 1 saturated heterocycles. The van der Waals surface area contributed by atoms with Gasteiger partial charge in [0.15, 0.2) is 29.8 Å². The van der Waals surface area contributed by atoms with Gasteiger partial charge in [-0.05, 0) is 67.1 Å². The molecule has 0 saturated carbocycles. The summed E-state index contributed by atoms with van der Waals surface area (Å²) in [4.78, 5) is 32.1. The Morgan fingerprint density at radius 2 is 1.68 bits per heavy atom. The fourth-order valence-electron chi connectivity index (χ4n) is 10.7. The van der Waals surface area contributed by atoms with E-state index in [1.807, 2.05) is 38.2 Å². The minimum atomic E-state index is -1.88. The quantitative estimate of drug-likeness (QED) is 0.0752. The number of hydrogen-bond acceptors (Lipinski definition) is 14. The van der Waals surface area contributed by atoms with Gasteiger partial charge in [0.25, 0.3) is 0 Å². The molecule has 4 heterocycles. The monoisotopic (exact) mass is 978 g/mol. The average Bonchev–Trinajstić information content (AvgIpc) is 3.91. The molecule has 4 aliphatic heterocycles. The number of thioether (sulfide) groups is 1. The zero-order valence-electron chi connectivity index (χ0n) is 36.9. The lowest BCUT2D eigenvalue weighted by Gasteiger charge is -2.59. The number of ether oxygens (including phenoxy) is 7. The third kappa shape index (κ3) is 8.22. The molecule has 2 N–H and O–H groups in total. The maximum Gasteiger partial charge on any atom is 0.408 e. The number of likely N-dealkylation sites (N-methyl/N-ethyl adjacent to an activating group) is 1. The van der Waals surface area contributed by atoms with E-state index in [1.54, 1.807) is 21.1 Å². The number of aromatic hydroxyl groups is 1. The Morgan fingerprint density at radius 3 is 2.35 bits per heavy atom. The fraction of sp³-hybridized carbons (Fsp3) is 0.438. The number of alkyl carbamates (subject to hydrolysis) is 1. The Kier molecular flexibility index (Phi) is 13.1. The molecule has 348 valence electrons. The van der Waals surface area contributed by atoms with E-state index in [2.05, 4.69) is 51.5 Å². The van der Waals surface area contributed by atoms with Crippen molar-refractivity contribution in [1.82, 2.24) is 15.1 Å². The minimum Gasteiger partial charge on any atom is -0.507 e. The van der Waals surface area contributed by atoms with Crippen molar-refractivity contribution in [2.75, 3.05) is 59.6 Å². The maximum atomic E-state index is 14.6. The number of methoxy groups -OCH3 is 2. The van der Waals surface area contributed by atoms with Crippen LogP contribution >= 0.6 is 46.6 Å². The molecule has 14 nitrogen and oxygen atoms in total. The number of nitrogens with one attached hydrogen (secondary N) is 1. The highest BCUT2D eigenvalue weighted by atomic mass is 35.6. The van der Waals surface area contributed by atoms with Crippen LogP contribution in [0.2, 0.25) is 0 Å². The number of alkyl halides is 3. The fourth-order valence-corrected chi connectivity index (χ4v) is 12.1. The SMILES string of the molecule is COCOc1c(OC)c(C)cc2c1[C@@H]1C3Cc4c(O)c(C)c5c(c4[C@H](COC(=O)[C@@H](CSCC4c6ccccc6-c6ccccc64)NC(=O)OCC(Cl)(Cl)Cl)N3[C@@H](C#N)[C@@H](C2)N1C)OCO5. The molecule has 6 atom stereocenters. The summed E-state index contributed by atoms with van der Waals surface area (Å²) in [6, 6.07) is 17.3. The second-order valence-corrected chi connectivity index (χ2v) is 20.7. The van der Waals surface area contributed by atoms with Crippen molar-refractivity contribution in [2.45, 2.75) is 72.7 Å². The van der Waals surface area contributed by atoms with E-state index in [1.165, 1.54) is 22.9 Å². The highest BCUT2D eigenvalue weighted by molar-refractivity contribution is 7.99. The standard InChI is InChI=1S/C48H49Cl3N4O10S/c1-24-14-26-15-34-36(17-52)55-35(40(54(34)3)38(26)44(42(24)60-5)63-22-59-4)16-31-39(45-43(64-23-65-45)25(2)41(31)56)37(55)18-61-46(57)33(53-47(58)62-21-48(49,50)51)20-66-19-32-29-12-8-6-10-27(29)28-11-7-9-13-30(28)32/h6-14,32-37,40,56H,15-16,18-23H2,1-5H3,(H,53,58)/t33-,34-,35?,36+,37+,40+/m1/s1. The summed E-state index contributed by atoms with van der Waals surface area (Å²) >= 11 is 19.2. The van der Waals surface area contributed by atoms with Gasteiger partial charge in [-0.1, -0.05) is 89.4 Å². The average molecular weight is 980 g/mol. The molecule has 1 amide bonds. The van der Waals surface area contributed by atoms with Gasteiger partial charge in [-0.2, -0.15) is 17.0 Å². The molecule has 0 spiro atoms. The number of esters is 1. The number of hydrogen-bond donors (Lipinski definition) is 2. The van der Waals surface area contributed by atoms with Crippen molar-refractivity contribution in [2.24, 2.45) is 0 Å². The van der Waals surface area contributed by atoms with Crippen LogP contribution in [0.15, 0.2) is 54.6 Å². The van der Waals surface area contributed by atoms with Crippen LogP contribution in [-0.2, 0) is 31.8 Å². The van der Waals surface area contributed by atoms with Gasteiger partial charge in [0, 0.05) is 58.9 Å². The van der Waals surface area contributed by atoms with Crippen LogP contribution in [0.25, 0.3) is 11.1 Å². The van der Waals surface area contributed by atoms with Crippen LogP contribution in [0.1, 0.15) is 62.5 Å². The van der Waals surface area contributed by atoms with E-state index in [-0.39, 0.29) is 49.7 Å². The Morgan fingerprint density at radius 1 is 0.985 bits per heavy atom. The molecular weight excluding hydrogens is 931 g/mol. The van der Waals surface area contributed by atoms with E-state index >= 15 is 0 Å². The number of phenolic OH excluding ortho intramolecular Hbond substituents is 1. The number of benzene rings is 4. The number of nitriles is 1. The molecule has 18 heteroatoms.